The van der Waals surface area contributed by atoms with Crippen molar-refractivity contribution in [3.63, 3.8) is 0 Å². The molecule has 2 amide bonds. The Hall–Kier alpha value is -0.950. The first-order valence-corrected chi connectivity index (χ1v) is 8.57. The number of hydrogen-bond acceptors (Lipinski definition) is 4. The maximum Gasteiger partial charge on any atom is 0.326 e. The van der Waals surface area contributed by atoms with Crippen LogP contribution in [0.15, 0.2) is 0 Å². The van der Waals surface area contributed by atoms with Gasteiger partial charge in [0.15, 0.2) is 0 Å². The molecule has 1 saturated carbocycles. The number of methoxy groups -OCH3 is 1. The summed E-state index contributed by atoms with van der Waals surface area (Å²) in [5.74, 6) is -1.04. The second-order valence-electron chi connectivity index (χ2n) is 5.45. The summed E-state index contributed by atoms with van der Waals surface area (Å²) in [6, 6.07) is -1.33. The summed E-state index contributed by atoms with van der Waals surface area (Å²) in [5.41, 5.74) is 0. The number of carboxylic acid groups (broad SMARTS) is 1. The van der Waals surface area contributed by atoms with Gasteiger partial charge in [0.05, 0.1) is 0 Å². The molecule has 0 aromatic heterocycles. The fraction of sp³-hybridized carbons (Fsp3) is 0.857. The lowest BCUT2D eigenvalue weighted by Gasteiger charge is -2.35. The van der Waals surface area contributed by atoms with E-state index in [-0.39, 0.29) is 11.2 Å². The molecular weight excluding hydrogens is 292 g/mol. The van der Waals surface area contributed by atoms with Gasteiger partial charge in [0, 0.05) is 31.4 Å². The van der Waals surface area contributed by atoms with Crippen molar-refractivity contribution in [3.05, 3.63) is 0 Å². The van der Waals surface area contributed by atoms with Crippen molar-refractivity contribution in [1.29, 1.82) is 0 Å². The lowest BCUT2D eigenvalue weighted by molar-refractivity contribution is -0.139. The second kappa shape index (κ2) is 9.15. The molecule has 3 N–H and O–H groups in total. The fourth-order valence-electron chi connectivity index (χ4n) is 2.59. The number of carbonyl (C=O) groups is 2. The van der Waals surface area contributed by atoms with Gasteiger partial charge in [0.2, 0.25) is 0 Å². The normalized spacial score (nSPS) is 18.8. The number of nitrogens with one attached hydrogen (secondary N) is 2. The van der Waals surface area contributed by atoms with Crippen LogP contribution in [0.2, 0.25) is 0 Å². The summed E-state index contributed by atoms with van der Waals surface area (Å²) in [6.07, 6.45) is 8.16. The largest absolute Gasteiger partial charge is 0.480 e. The highest BCUT2D eigenvalue weighted by molar-refractivity contribution is 8.00. The van der Waals surface area contributed by atoms with Gasteiger partial charge in [0.25, 0.3) is 0 Å². The first-order chi connectivity index (χ1) is 10.0. The molecule has 0 heterocycles. The first-order valence-electron chi connectivity index (χ1n) is 7.34. The molecule has 6 nitrogen and oxygen atoms in total. The molecule has 0 aromatic carbocycles. The van der Waals surface area contributed by atoms with Gasteiger partial charge in [-0.3, -0.25) is 0 Å². The van der Waals surface area contributed by atoms with Crippen LogP contribution in [0.5, 0.6) is 0 Å². The number of aliphatic carboxylic acids is 1. The minimum atomic E-state index is -1.04. The number of hydrogen-bond donors (Lipinski definition) is 3. The number of amides is 2. The molecule has 1 fully saturated rings. The number of rotatable bonds is 8. The van der Waals surface area contributed by atoms with E-state index in [0.717, 1.165) is 12.8 Å². The molecule has 1 atom stereocenters. The average Bonchev–Trinajstić information content (AvgIpc) is 2.50. The van der Waals surface area contributed by atoms with E-state index in [4.69, 9.17) is 9.84 Å². The molecule has 7 heteroatoms. The summed E-state index contributed by atoms with van der Waals surface area (Å²) in [6.45, 7) is 0.878. The highest BCUT2D eigenvalue weighted by Crippen LogP contribution is 2.37. The standard InChI is InChI=1S/C14H26N2O4S/c1-20-9-6-11(12(17)18)16-13(19)15-10-14(21-2)7-4-3-5-8-14/h11H,3-10H2,1-2H3,(H,17,18)(H2,15,16,19). The van der Waals surface area contributed by atoms with E-state index >= 15 is 0 Å². The van der Waals surface area contributed by atoms with Gasteiger partial charge < -0.3 is 20.5 Å². The zero-order valence-electron chi connectivity index (χ0n) is 12.8. The molecule has 1 unspecified atom stereocenters. The van der Waals surface area contributed by atoms with Crippen molar-refractivity contribution in [3.8, 4) is 0 Å². The maximum atomic E-state index is 11.9. The van der Waals surface area contributed by atoms with E-state index in [2.05, 4.69) is 16.9 Å². The molecule has 0 bridgehead atoms. The Morgan fingerprint density at radius 2 is 2.00 bits per heavy atom. The van der Waals surface area contributed by atoms with Crippen molar-refractivity contribution < 1.29 is 19.4 Å². The summed E-state index contributed by atoms with van der Waals surface area (Å²) in [5, 5.41) is 14.4. The van der Waals surface area contributed by atoms with Crippen LogP contribution in [0.4, 0.5) is 4.79 Å². The fourth-order valence-corrected chi connectivity index (χ4v) is 3.51. The Morgan fingerprint density at radius 3 is 2.52 bits per heavy atom. The Balaban J connectivity index is 2.42. The van der Waals surface area contributed by atoms with Crippen molar-refractivity contribution in [2.45, 2.75) is 49.3 Å². The van der Waals surface area contributed by atoms with E-state index in [1.54, 1.807) is 11.8 Å². The molecule has 1 aliphatic rings. The molecule has 21 heavy (non-hydrogen) atoms. The molecule has 0 saturated heterocycles. The highest BCUT2D eigenvalue weighted by atomic mass is 32.2. The predicted octanol–water partition coefficient (Wildman–Crippen LogP) is 1.84. The molecule has 0 aliphatic heterocycles. The quantitative estimate of drug-likeness (QED) is 0.635. The summed E-state index contributed by atoms with van der Waals surface area (Å²) >= 11 is 1.80. The molecule has 122 valence electrons. The number of ether oxygens (including phenoxy) is 1. The van der Waals surface area contributed by atoms with Gasteiger partial charge in [-0.2, -0.15) is 11.8 Å². The molecule has 0 spiro atoms. The van der Waals surface area contributed by atoms with Crippen LogP contribution in [-0.4, -0.2) is 54.4 Å². The highest BCUT2D eigenvalue weighted by Gasteiger charge is 2.31. The van der Waals surface area contributed by atoms with Gasteiger partial charge in [-0.25, -0.2) is 9.59 Å². The number of carbonyl (C=O) groups excluding carboxylic acids is 1. The minimum absolute atomic E-state index is 0.0981. The van der Waals surface area contributed by atoms with Gasteiger partial charge >= 0.3 is 12.0 Å². The average molecular weight is 318 g/mol. The second-order valence-corrected chi connectivity index (χ2v) is 6.72. The van der Waals surface area contributed by atoms with Crippen molar-refractivity contribution in [2.24, 2.45) is 0 Å². The van der Waals surface area contributed by atoms with Gasteiger partial charge in [-0.1, -0.05) is 19.3 Å². The number of urea groups is 1. The predicted molar refractivity (Wildman–Crippen MR) is 83.8 cm³/mol. The van der Waals surface area contributed by atoms with Crippen LogP contribution in [0, 0.1) is 0 Å². The zero-order valence-corrected chi connectivity index (χ0v) is 13.6. The third-order valence-corrected chi connectivity index (χ3v) is 5.40. The SMILES string of the molecule is COCCC(NC(=O)NCC1(SC)CCCCC1)C(=O)O. The number of thioether (sulfide) groups is 1. The number of carboxylic acids is 1. The first kappa shape index (κ1) is 18.1. The van der Waals surface area contributed by atoms with Crippen molar-refractivity contribution in [1.82, 2.24) is 10.6 Å². The minimum Gasteiger partial charge on any atom is -0.480 e. The molecule has 1 rings (SSSR count). The molecular formula is C14H26N2O4S. The van der Waals surface area contributed by atoms with E-state index in [9.17, 15) is 9.59 Å². The van der Waals surface area contributed by atoms with Crippen molar-refractivity contribution in [2.75, 3.05) is 26.5 Å². The Labute approximate surface area is 130 Å². The Morgan fingerprint density at radius 1 is 1.33 bits per heavy atom. The van der Waals surface area contributed by atoms with Gasteiger partial charge in [-0.15, -0.1) is 0 Å². The summed E-state index contributed by atoms with van der Waals surface area (Å²) < 4.78 is 4.95. The van der Waals surface area contributed by atoms with Crippen LogP contribution in [-0.2, 0) is 9.53 Å². The van der Waals surface area contributed by atoms with E-state index in [1.807, 2.05) is 0 Å². The van der Waals surface area contributed by atoms with E-state index in [1.165, 1.54) is 26.4 Å². The third-order valence-electron chi connectivity index (χ3n) is 3.98. The lowest BCUT2D eigenvalue weighted by atomic mass is 9.88. The lowest BCUT2D eigenvalue weighted by Crippen LogP contribution is -2.50. The van der Waals surface area contributed by atoms with Gasteiger partial charge in [0.1, 0.15) is 6.04 Å². The van der Waals surface area contributed by atoms with Crippen LogP contribution in [0.1, 0.15) is 38.5 Å². The molecule has 1 aliphatic carbocycles. The third kappa shape index (κ3) is 6.13. The van der Waals surface area contributed by atoms with Crippen LogP contribution in [0.3, 0.4) is 0 Å². The summed E-state index contributed by atoms with van der Waals surface area (Å²) in [4.78, 5) is 23.0. The summed E-state index contributed by atoms with van der Waals surface area (Å²) in [7, 11) is 1.50. The van der Waals surface area contributed by atoms with E-state index < -0.39 is 18.0 Å². The molecule has 0 aromatic rings. The van der Waals surface area contributed by atoms with Crippen molar-refractivity contribution >= 4 is 23.8 Å². The van der Waals surface area contributed by atoms with Crippen LogP contribution >= 0.6 is 11.8 Å². The smallest absolute Gasteiger partial charge is 0.326 e. The topological polar surface area (TPSA) is 87.7 Å². The van der Waals surface area contributed by atoms with E-state index in [0.29, 0.717) is 13.2 Å². The Kier molecular flexibility index (Phi) is 7.88. The zero-order chi connectivity index (χ0) is 15.7. The Bertz CT molecular complexity index is 346. The van der Waals surface area contributed by atoms with Gasteiger partial charge in [-0.05, 0) is 19.1 Å². The molecule has 0 radical (unpaired) electrons. The van der Waals surface area contributed by atoms with Crippen LogP contribution < -0.4 is 10.6 Å². The maximum absolute atomic E-state index is 11.9. The monoisotopic (exact) mass is 318 g/mol. The van der Waals surface area contributed by atoms with Crippen LogP contribution in [0.25, 0.3) is 0 Å².